The van der Waals surface area contributed by atoms with E-state index >= 15 is 0 Å². The maximum atomic E-state index is 11.6. The summed E-state index contributed by atoms with van der Waals surface area (Å²) in [7, 11) is 0. The Morgan fingerprint density at radius 1 is 1.67 bits per heavy atom. The molecule has 1 aromatic rings. The van der Waals surface area contributed by atoms with Crippen LogP contribution in [-0.2, 0) is 0 Å². The van der Waals surface area contributed by atoms with E-state index in [1.807, 2.05) is 0 Å². The van der Waals surface area contributed by atoms with Gasteiger partial charge in [0, 0.05) is 11.9 Å². The van der Waals surface area contributed by atoms with Crippen molar-refractivity contribution in [3.63, 3.8) is 0 Å². The summed E-state index contributed by atoms with van der Waals surface area (Å²) >= 11 is 4.77. The van der Waals surface area contributed by atoms with Crippen molar-refractivity contribution in [1.82, 2.24) is 10.3 Å². The van der Waals surface area contributed by atoms with Crippen LogP contribution in [0.1, 0.15) is 29.9 Å². The molecule has 3 nitrogen and oxygen atoms in total. The number of carbonyl (C=O) groups is 1. The van der Waals surface area contributed by atoms with Crippen LogP contribution in [0.5, 0.6) is 0 Å². The first-order chi connectivity index (χ1) is 7.05. The first-order valence-electron chi connectivity index (χ1n) is 4.78. The third kappa shape index (κ3) is 4.30. The summed E-state index contributed by atoms with van der Waals surface area (Å²) in [6.07, 6.45) is 2.63. The highest BCUT2D eigenvalue weighted by atomic mass is 79.9. The van der Waals surface area contributed by atoms with Gasteiger partial charge in [0.05, 0.1) is 11.7 Å². The van der Waals surface area contributed by atoms with E-state index in [9.17, 15) is 4.79 Å². The first-order valence-corrected chi connectivity index (χ1v) is 6.78. The topological polar surface area (TPSA) is 42.0 Å². The van der Waals surface area contributed by atoms with Crippen molar-refractivity contribution in [2.45, 2.75) is 20.3 Å². The maximum Gasteiger partial charge on any atom is 0.263 e. The van der Waals surface area contributed by atoms with E-state index in [-0.39, 0.29) is 11.3 Å². The lowest BCUT2D eigenvalue weighted by Gasteiger charge is -2.23. The quantitative estimate of drug-likeness (QED) is 0.847. The number of amides is 1. The molecular weight excluding hydrogens is 276 g/mol. The molecule has 1 amide bonds. The van der Waals surface area contributed by atoms with Gasteiger partial charge in [0.15, 0.2) is 0 Å². The SMILES string of the molecule is CC(C)(CCBr)CNC(=O)c1cncs1. The number of hydrogen-bond acceptors (Lipinski definition) is 3. The van der Waals surface area contributed by atoms with Gasteiger partial charge in [-0.15, -0.1) is 11.3 Å². The van der Waals surface area contributed by atoms with Crippen LogP contribution in [-0.4, -0.2) is 22.8 Å². The molecule has 0 fully saturated rings. The van der Waals surface area contributed by atoms with Gasteiger partial charge >= 0.3 is 0 Å². The fourth-order valence-electron chi connectivity index (χ4n) is 1.08. The van der Waals surface area contributed by atoms with Gasteiger partial charge in [0.1, 0.15) is 4.88 Å². The normalized spacial score (nSPS) is 11.4. The van der Waals surface area contributed by atoms with Crippen molar-refractivity contribution >= 4 is 33.2 Å². The number of nitrogens with one attached hydrogen (secondary N) is 1. The highest BCUT2D eigenvalue weighted by molar-refractivity contribution is 9.09. The Bertz CT molecular complexity index is 311. The zero-order chi connectivity index (χ0) is 11.3. The van der Waals surface area contributed by atoms with Crippen LogP contribution in [0.25, 0.3) is 0 Å². The highest BCUT2D eigenvalue weighted by Gasteiger charge is 2.18. The van der Waals surface area contributed by atoms with Crippen molar-refractivity contribution in [2.75, 3.05) is 11.9 Å². The summed E-state index contributed by atoms with van der Waals surface area (Å²) in [6.45, 7) is 4.97. The molecule has 0 aliphatic carbocycles. The van der Waals surface area contributed by atoms with Crippen molar-refractivity contribution in [2.24, 2.45) is 5.41 Å². The minimum Gasteiger partial charge on any atom is -0.351 e. The number of alkyl halides is 1. The van der Waals surface area contributed by atoms with Gasteiger partial charge in [0.2, 0.25) is 0 Å². The molecule has 0 atom stereocenters. The maximum absolute atomic E-state index is 11.6. The van der Waals surface area contributed by atoms with Crippen molar-refractivity contribution in [3.8, 4) is 0 Å². The Morgan fingerprint density at radius 3 is 2.93 bits per heavy atom. The predicted molar refractivity (Wildman–Crippen MR) is 66.6 cm³/mol. The molecular formula is C10H15BrN2OS. The van der Waals surface area contributed by atoms with Crippen LogP contribution < -0.4 is 5.32 Å². The largest absolute Gasteiger partial charge is 0.351 e. The molecule has 0 bridgehead atoms. The predicted octanol–water partition coefficient (Wildman–Crippen LogP) is 2.68. The second-order valence-electron chi connectivity index (χ2n) is 4.15. The van der Waals surface area contributed by atoms with Gasteiger partial charge in [-0.25, -0.2) is 0 Å². The Hall–Kier alpha value is -0.420. The summed E-state index contributed by atoms with van der Waals surface area (Å²) in [5, 5.41) is 3.88. The Labute approximate surface area is 102 Å². The van der Waals surface area contributed by atoms with Crippen molar-refractivity contribution in [3.05, 3.63) is 16.6 Å². The molecule has 0 saturated heterocycles. The van der Waals surface area contributed by atoms with Gasteiger partial charge in [-0.2, -0.15) is 0 Å². The molecule has 1 aromatic heterocycles. The molecule has 1 N–H and O–H groups in total. The van der Waals surface area contributed by atoms with Gasteiger partial charge in [-0.05, 0) is 11.8 Å². The lowest BCUT2D eigenvalue weighted by atomic mass is 9.90. The Morgan fingerprint density at radius 2 is 2.40 bits per heavy atom. The van der Waals surface area contributed by atoms with E-state index in [0.717, 1.165) is 11.8 Å². The Kier molecular flexibility index (Phi) is 4.73. The van der Waals surface area contributed by atoms with Crippen LogP contribution in [0, 0.1) is 5.41 Å². The van der Waals surface area contributed by atoms with E-state index in [4.69, 9.17) is 0 Å². The van der Waals surface area contributed by atoms with Crippen LogP contribution >= 0.6 is 27.3 Å². The van der Waals surface area contributed by atoms with E-state index in [1.165, 1.54) is 11.3 Å². The molecule has 15 heavy (non-hydrogen) atoms. The molecule has 0 spiro atoms. The highest BCUT2D eigenvalue weighted by Crippen LogP contribution is 2.20. The number of carbonyl (C=O) groups excluding carboxylic acids is 1. The molecule has 0 saturated carbocycles. The average Bonchev–Trinajstić information content (AvgIpc) is 2.67. The smallest absolute Gasteiger partial charge is 0.263 e. The number of halogens is 1. The fraction of sp³-hybridized carbons (Fsp3) is 0.600. The van der Waals surface area contributed by atoms with Crippen LogP contribution in [0.2, 0.25) is 0 Å². The van der Waals surface area contributed by atoms with Crippen LogP contribution in [0.3, 0.4) is 0 Å². The summed E-state index contributed by atoms with van der Waals surface area (Å²) < 4.78 is 0. The number of aromatic nitrogens is 1. The number of rotatable bonds is 5. The molecule has 0 unspecified atom stereocenters. The minimum absolute atomic E-state index is 0.0276. The van der Waals surface area contributed by atoms with Crippen LogP contribution in [0.15, 0.2) is 11.7 Å². The molecule has 5 heteroatoms. The van der Waals surface area contributed by atoms with Crippen molar-refractivity contribution in [1.29, 1.82) is 0 Å². The molecule has 0 aliphatic heterocycles. The van der Waals surface area contributed by atoms with Gasteiger partial charge in [0.25, 0.3) is 5.91 Å². The number of thiazole rings is 1. The van der Waals surface area contributed by atoms with E-state index in [2.05, 4.69) is 40.1 Å². The van der Waals surface area contributed by atoms with E-state index in [1.54, 1.807) is 11.7 Å². The molecule has 1 rings (SSSR count). The molecule has 0 aliphatic rings. The van der Waals surface area contributed by atoms with Gasteiger partial charge in [-0.1, -0.05) is 29.8 Å². The third-order valence-corrected chi connectivity index (χ3v) is 3.32. The average molecular weight is 291 g/mol. The minimum atomic E-state index is -0.0276. The summed E-state index contributed by atoms with van der Waals surface area (Å²) in [4.78, 5) is 16.1. The fourth-order valence-corrected chi connectivity index (χ4v) is 2.69. The molecule has 0 aromatic carbocycles. The standard InChI is InChI=1S/C10H15BrN2OS/c1-10(2,3-4-11)6-13-9(14)8-5-12-7-15-8/h5,7H,3-4,6H2,1-2H3,(H,13,14). The van der Waals surface area contributed by atoms with Crippen molar-refractivity contribution < 1.29 is 4.79 Å². The van der Waals surface area contributed by atoms with Gasteiger partial charge < -0.3 is 5.32 Å². The first kappa shape index (κ1) is 12.6. The summed E-state index contributed by atoms with van der Waals surface area (Å²) in [5.74, 6) is -0.0276. The second-order valence-corrected chi connectivity index (χ2v) is 5.83. The number of hydrogen-bond donors (Lipinski definition) is 1. The molecule has 1 heterocycles. The molecule has 0 radical (unpaired) electrons. The summed E-state index contributed by atoms with van der Waals surface area (Å²) in [5.41, 5.74) is 1.79. The molecule has 84 valence electrons. The van der Waals surface area contributed by atoms with E-state index in [0.29, 0.717) is 11.4 Å². The lowest BCUT2D eigenvalue weighted by molar-refractivity contribution is 0.0940. The Balaban J connectivity index is 2.40. The zero-order valence-electron chi connectivity index (χ0n) is 8.92. The van der Waals surface area contributed by atoms with E-state index < -0.39 is 0 Å². The van der Waals surface area contributed by atoms with Crippen LogP contribution in [0.4, 0.5) is 0 Å². The zero-order valence-corrected chi connectivity index (χ0v) is 11.3. The second kappa shape index (κ2) is 5.61. The monoisotopic (exact) mass is 290 g/mol. The van der Waals surface area contributed by atoms with Gasteiger partial charge in [-0.3, -0.25) is 9.78 Å². The lowest BCUT2D eigenvalue weighted by Crippen LogP contribution is -2.33. The summed E-state index contributed by atoms with van der Waals surface area (Å²) in [6, 6.07) is 0. The number of nitrogens with zero attached hydrogens (tertiary/aromatic N) is 1. The third-order valence-electron chi connectivity index (χ3n) is 2.15.